The number of likely N-dealkylation sites (tertiary alicyclic amines) is 1. The molecule has 0 saturated carbocycles. The van der Waals surface area contributed by atoms with Gasteiger partial charge < -0.3 is 15.5 Å². The number of rotatable bonds is 2. The molecule has 0 bridgehead atoms. The van der Waals surface area contributed by atoms with E-state index in [1.54, 1.807) is 4.90 Å². The van der Waals surface area contributed by atoms with Crippen molar-refractivity contribution >= 4 is 17.7 Å². The summed E-state index contributed by atoms with van der Waals surface area (Å²) < 4.78 is 0. The summed E-state index contributed by atoms with van der Waals surface area (Å²) in [5.74, 6) is 0.0254. The van der Waals surface area contributed by atoms with E-state index >= 15 is 0 Å². The predicted molar refractivity (Wildman–Crippen MR) is 78.4 cm³/mol. The third kappa shape index (κ3) is 3.95. The fourth-order valence-corrected chi connectivity index (χ4v) is 2.67. The van der Waals surface area contributed by atoms with Gasteiger partial charge >= 0.3 is 0 Å². The second kappa shape index (κ2) is 6.03. The molecule has 6 heteroatoms. The first-order chi connectivity index (χ1) is 9.77. The number of nitrogens with zero attached hydrogens (tertiary/aromatic N) is 1. The van der Waals surface area contributed by atoms with Gasteiger partial charge in [-0.15, -0.1) is 0 Å². The van der Waals surface area contributed by atoms with Crippen LogP contribution in [0.3, 0.4) is 0 Å². The van der Waals surface area contributed by atoms with Gasteiger partial charge in [0.2, 0.25) is 17.7 Å². The zero-order valence-corrected chi connectivity index (χ0v) is 13.1. The topological polar surface area (TPSA) is 78.5 Å². The minimum absolute atomic E-state index is 0.0152. The molecule has 0 aromatic rings. The Bertz CT molecular complexity index is 434. The van der Waals surface area contributed by atoms with Crippen LogP contribution in [-0.2, 0) is 14.4 Å². The van der Waals surface area contributed by atoms with Crippen molar-refractivity contribution < 1.29 is 14.4 Å². The molecule has 0 aromatic carbocycles. The Morgan fingerprint density at radius 3 is 2.29 bits per heavy atom. The van der Waals surface area contributed by atoms with Crippen LogP contribution in [0.1, 0.15) is 46.5 Å². The molecule has 2 saturated heterocycles. The molecule has 0 aromatic heterocycles. The Labute approximate surface area is 125 Å². The van der Waals surface area contributed by atoms with Crippen LogP contribution in [0.25, 0.3) is 0 Å². The van der Waals surface area contributed by atoms with Crippen molar-refractivity contribution in [1.82, 2.24) is 15.5 Å². The quantitative estimate of drug-likeness (QED) is 0.775. The fraction of sp³-hybridized carbons (Fsp3) is 0.800. The summed E-state index contributed by atoms with van der Waals surface area (Å²) in [7, 11) is 0. The van der Waals surface area contributed by atoms with Gasteiger partial charge in [0.25, 0.3) is 0 Å². The number of piperidine rings is 1. The van der Waals surface area contributed by atoms with Crippen molar-refractivity contribution in [3.63, 3.8) is 0 Å². The first kappa shape index (κ1) is 15.8. The Morgan fingerprint density at radius 2 is 1.81 bits per heavy atom. The lowest BCUT2D eigenvalue weighted by Gasteiger charge is -2.34. The van der Waals surface area contributed by atoms with Gasteiger partial charge in [-0.3, -0.25) is 14.4 Å². The molecule has 0 aliphatic carbocycles. The van der Waals surface area contributed by atoms with Crippen LogP contribution in [0.4, 0.5) is 0 Å². The summed E-state index contributed by atoms with van der Waals surface area (Å²) in [4.78, 5) is 37.2. The van der Waals surface area contributed by atoms with E-state index in [0.29, 0.717) is 25.9 Å². The number of hydrogen-bond donors (Lipinski definition) is 2. The van der Waals surface area contributed by atoms with E-state index in [-0.39, 0.29) is 35.2 Å². The van der Waals surface area contributed by atoms with Gasteiger partial charge in [-0.1, -0.05) is 20.8 Å². The van der Waals surface area contributed by atoms with E-state index in [1.165, 1.54) is 0 Å². The third-order valence-electron chi connectivity index (χ3n) is 4.12. The van der Waals surface area contributed by atoms with Gasteiger partial charge in [0.1, 0.15) is 6.04 Å². The maximum Gasteiger partial charge on any atom is 0.245 e. The molecule has 118 valence electrons. The molecule has 1 atom stereocenters. The molecular formula is C15H25N3O3. The number of hydrogen-bond acceptors (Lipinski definition) is 3. The molecule has 2 aliphatic heterocycles. The van der Waals surface area contributed by atoms with E-state index in [0.717, 1.165) is 12.8 Å². The Kier molecular flexibility index (Phi) is 4.54. The van der Waals surface area contributed by atoms with E-state index in [4.69, 9.17) is 0 Å². The van der Waals surface area contributed by atoms with Crippen LogP contribution in [0.2, 0.25) is 0 Å². The SMILES string of the molecule is CC(C)(C)C(=O)NC1CCN(C(=O)C2CCC(=O)N2)CC1. The van der Waals surface area contributed by atoms with Crippen LogP contribution in [-0.4, -0.2) is 47.8 Å². The van der Waals surface area contributed by atoms with Crippen molar-refractivity contribution in [2.45, 2.75) is 58.5 Å². The molecule has 2 heterocycles. The molecular weight excluding hydrogens is 270 g/mol. The second-order valence-corrected chi connectivity index (χ2v) is 6.98. The van der Waals surface area contributed by atoms with Gasteiger partial charge in [-0.2, -0.15) is 0 Å². The zero-order chi connectivity index (χ0) is 15.6. The first-order valence-corrected chi connectivity index (χ1v) is 7.66. The number of carbonyl (C=O) groups is 3. The lowest BCUT2D eigenvalue weighted by molar-refractivity contribution is -0.135. The Hall–Kier alpha value is -1.59. The average Bonchev–Trinajstić information content (AvgIpc) is 2.84. The van der Waals surface area contributed by atoms with Crippen LogP contribution in [0.5, 0.6) is 0 Å². The summed E-state index contributed by atoms with van der Waals surface area (Å²) in [6.45, 7) is 6.96. The third-order valence-corrected chi connectivity index (χ3v) is 4.12. The van der Waals surface area contributed by atoms with Crippen LogP contribution < -0.4 is 10.6 Å². The Morgan fingerprint density at radius 1 is 1.19 bits per heavy atom. The Balaban J connectivity index is 1.79. The van der Waals surface area contributed by atoms with Crippen molar-refractivity contribution in [2.24, 2.45) is 5.41 Å². The molecule has 3 amide bonds. The van der Waals surface area contributed by atoms with Gasteiger partial charge in [0, 0.05) is 31.0 Å². The van der Waals surface area contributed by atoms with Gasteiger partial charge in [0.05, 0.1) is 0 Å². The average molecular weight is 295 g/mol. The summed E-state index contributed by atoms with van der Waals surface area (Å²) >= 11 is 0. The van der Waals surface area contributed by atoms with E-state index in [9.17, 15) is 14.4 Å². The fourth-order valence-electron chi connectivity index (χ4n) is 2.67. The highest BCUT2D eigenvalue weighted by Crippen LogP contribution is 2.18. The lowest BCUT2D eigenvalue weighted by Crippen LogP contribution is -2.52. The lowest BCUT2D eigenvalue weighted by atomic mass is 9.94. The van der Waals surface area contributed by atoms with E-state index < -0.39 is 0 Å². The van der Waals surface area contributed by atoms with Crippen molar-refractivity contribution in [3.8, 4) is 0 Å². The van der Waals surface area contributed by atoms with E-state index in [1.807, 2.05) is 20.8 Å². The number of nitrogens with one attached hydrogen (secondary N) is 2. The highest BCUT2D eigenvalue weighted by atomic mass is 16.2. The van der Waals surface area contributed by atoms with E-state index in [2.05, 4.69) is 10.6 Å². The largest absolute Gasteiger partial charge is 0.353 e. The maximum absolute atomic E-state index is 12.3. The summed E-state index contributed by atoms with van der Waals surface area (Å²) in [5.41, 5.74) is -0.388. The zero-order valence-electron chi connectivity index (χ0n) is 13.1. The molecule has 2 N–H and O–H groups in total. The molecule has 0 radical (unpaired) electrons. The molecule has 21 heavy (non-hydrogen) atoms. The number of amides is 3. The first-order valence-electron chi connectivity index (χ1n) is 7.66. The van der Waals surface area contributed by atoms with Crippen LogP contribution in [0.15, 0.2) is 0 Å². The van der Waals surface area contributed by atoms with Crippen molar-refractivity contribution in [1.29, 1.82) is 0 Å². The molecule has 0 spiro atoms. The normalized spacial score (nSPS) is 23.9. The molecule has 2 aliphatic rings. The molecule has 6 nitrogen and oxygen atoms in total. The van der Waals surface area contributed by atoms with Crippen LogP contribution >= 0.6 is 0 Å². The summed E-state index contributed by atoms with van der Waals surface area (Å²) in [5, 5.41) is 5.76. The standard InChI is InChI=1S/C15H25N3O3/c1-15(2,3)14(21)16-10-6-8-18(9-7-10)13(20)11-4-5-12(19)17-11/h10-11H,4-9H2,1-3H3,(H,16,21)(H,17,19). The minimum atomic E-state index is -0.388. The van der Waals surface area contributed by atoms with Crippen LogP contribution in [0, 0.1) is 5.41 Å². The smallest absolute Gasteiger partial charge is 0.245 e. The van der Waals surface area contributed by atoms with Gasteiger partial charge in [0.15, 0.2) is 0 Å². The molecule has 2 rings (SSSR count). The summed E-state index contributed by atoms with van der Waals surface area (Å²) in [6.07, 6.45) is 2.58. The highest BCUT2D eigenvalue weighted by molar-refractivity contribution is 5.90. The monoisotopic (exact) mass is 295 g/mol. The molecule has 2 fully saturated rings. The van der Waals surface area contributed by atoms with Crippen molar-refractivity contribution in [3.05, 3.63) is 0 Å². The van der Waals surface area contributed by atoms with Gasteiger partial charge in [-0.25, -0.2) is 0 Å². The molecule has 1 unspecified atom stereocenters. The highest BCUT2D eigenvalue weighted by Gasteiger charge is 2.33. The van der Waals surface area contributed by atoms with Crippen molar-refractivity contribution in [2.75, 3.05) is 13.1 Å². The summed E-state index contributed by atoms with van der Waals surface area (Å²) in [6, 6.07) is -0.211. The predicted octanol–water partition coefficient (Wildman–Crippen LogP) is 0.418. The second-order valence-electron chi connectivity index (χ2n) is 6.98. The van der Waals surface area contributed by atoms with Gasteiger partial charge in [-0.05, 0) is 19.3 Å². The minimum Gasteiger partial charge on any atom is -0.353 e. The number of carbonyl (C=O) groups excluding carboxylic acids is 3. The maximum atomic E-state index is 12.3.